The van der Waals surface area contributed by atoms with Crippen LogP contribution in [0.2, 0.25) is 0 Å². The summed E-state index contributed by atoms with van der Waals surface area (Å²) in [7, 11) is 0. The summed E-state index contributed by atoms with van der Waals surface area (Å²) in [6, 6.07) is 1.38. The van der Waals surface area contributed by atoms with Gasteiger partial charge in [-0.3, -0.25) is 4.90 Å². The van der Waals surface area contributed by atoms with E-state index in [-0.39, 0.29) is 5.54 Å². The second kappa shape index (κ2) is 9.72. The number of hydrogen-bond acceptors (Lipinski definition) is 4. The molecule has 1 rings (SSSR count). The van der Waals surface area contributed by atoms with Crippen LogP contribution in [-0.4, -0.2) is 60.3 Å². The Labute approximate surface area is 127 Å². The van der Waals surface area contributed by atoms with Gasteiger partial charge in [0.05, 0.1) is 0 Å². The number of hydrazine groups is 1. The van der Waals surface area contributed by atoms with Gasteiger partial charge in [0.15, 0.2) is 0 Å². The molecule has 0 spiro atoms. The minimum Gasteiger partial charge on any atom is -0.314 e. The van der Waals surface area contributed by atoms with Crippen LogP contribution >= 0.6 is 0 Å². The number of nitrogens with one attached hydrogen (secondary N) is 2. The average Bonchev–Trinajstić information content (AvgIpc) is 2.28. The van der Waals surface area contributed by atoms with Crippen LogP contribution in [0.15, 0.2) is 0 Å². The van der Waals surface area contributed by atoms with Crippen LogP contribution in [-0.2, 0) is 0 Å². The van der Waals surface area contributed by atoms with Crippen LogP contribution in [0, 0.1) is 0 Å². The monoisotopic (exact) mass is 286 g/mol. The van der Waals surface area contributed by atoms with E-state index in [4.69, 9.17) is 0 Å². The lowest BCUT2D eigenvalue weighted by atomic mass is 10.1. The molecule has 0 radical (unpaired) electrons. The maximum Gasteiger partial charge on any atom is 0.0257 e. The Bertz CT molecular complexity index is 219. The first-order valence-electron chi connectivity index (χ1n) is 8.16. The van der Waals surface area contributed by atoms with Gasteiger partial charge >= 0.3 is 0 Å². The van der Waals surface area contributed by atoms with Gasteiger partial charge in [-0.1, -0.05) is 6.92 Å². The molecule has 0 unspecified atom stereocenters. The fourth-order valence-electron chi connectivity index (χ4n) is 2.58. The molecule has 4 heteroatoms. The second-order valence-electron chi connectivity index (χ2n) is 7.12. The third-order valence-corrected chi connectivity index (χ3v) is 3.30. The molecule has 0 atom stereocenters. The predicted molar refractivity (Wildman–Crippen MR) is 90.0 cm³/mol. The molecule has 1 aliphatic rings. The molecular weight excluding hydrogens is 248 g/mol. The van der Waals surface area contributed by atoms with Gasteiger partial charge in [-0.2, -0.15) is 0 Å². The molecule has 1 aliphatic heterocycles. The Hall–Kier alpha value is -0.160. The van der Waals surface area contributed by atoms with E-state index in [1.54, 1.807) is 0 Å². The van der Waals surface area contributed by atoms with Gasteiger partial charge in [-0.15, -0.1) is 0 Å². The third-order valence-electron chi connectivity index (χ3n) is 3.30. The molecule has 122 valence electrons. The Morgan fingerprint density at radius 3 is 1.75 bits per heavy atom. The molecule has 0 bridgehead atoms. The van der Waals surface area contributed by atoms with Crippen molar-refractivity contribution in [3.05, 3.63) is 0 Å². The normalized spacial score (nSPS) is 17.6. The van der Waals surface area contributed by atoms with E-state index >= 15 is 0 Å². The zero-order valence-corrected chi connectivity index (χ0v) is 15.1. The van der Waals surface area contributed by atoms with E-state index in [2.05, 4.69) is 76.0 Å². The van der Waals surface area contributed by atoms with Crippen molar-refractivity contribution in [2.24, 2.45) is 0 Å². The highest BCUT2D eigenvalue weighted by molar-refractivity contribution is 4.72. The van der Waals surface area contributed by atoms with E-state index in [9.17, 15) is 0 Å². The predicted octanol–water partition coefficient (Wildman–Crippen LogP) is 2.32. The molecule has 20 heavy (non-hydrogen) atoms. The second-order valence-corrected chi connectivity index (χ2v) is 7.12. The van der Waals surface area contributed by atoms with Gasteiger partial charge in [-0.25, -0.2) is 10.4 Å². The zero-order chi connectivity index (χ0) is 15.8. The summed E-state index contributed by atoms with van der Waals surface area (Å²) >= 11 is 0. The van der Waals surface area contributed by atoms with Crippen molar-refractivity contribution in [2.45, 2.75) is 73.0 Å². The van der Waals surface area contributed by atoms with Crippen molar-refractivity contribution in [2.75, 3.05) is 32.7 Å². The van der Waals surface area contributed by atoms with Crippen molar-refractivity contribution in [3.8, 4) is 0 Å². The molecule has 1 saturated heterocycles. The van der Waals surface area contributed by atoms with Crippen LogP contribution in [0.5, 0.6) is 0 Å². The smallest absolute Gasteiger partial charge is 0.0257 e. The van der Waals surface area contributed by atoms with E-state index < -0.39 is 0 Å². The van der Waals surface area contributed by atoms with Gasteiger partial charge in [0.1, 0.15) is 0 Å². The lowest BCUT2D eigenvalue weighted by Crippen LogP contribution is -2.56. The van der Waals surface area contributed by atoms with E-state index in [0.717, 1.165) is 32.7 Å². The molecule has 0 saturated carbocycles. The third kappa shape index (κ3) is 9.70. The van der Waals surface area contributed by atoms with Gasteiger partial charge in [0.2, 0.25) is 0 Å². The molecule has 0 aromatic carbocycles. The molecule has 0 aromatic heterocycles. The molecule has 0 aliphatic carbocycles. The number of rotatable bonds is 4. The zero-order valence-electron chi connectivity index (χ0n) is 15.1. The van der Waals surface area contributed by atoms with E-state index in [0.29, 0.717) is 12.1 Å². The molecule has 0 aromatic rings. The summed E-state index contributed by atoms with van der Waals surface area (Å²) in [5, 5.41) is 5.61. The van der Waals surface area contributed by atoms with Crippen LogP contribution in [0.4, 0.5) is 0 Å². The Balaban J connectivity index is 0.000000370. The first kappa shape index (κ1) is 19.8. The lowest BCUT2D eigenvalue weighted by molar-refractivity contribution is 0.111. The minimum atomic E-state index is 0.206. The van der Waals surface area contributed by atoms with Crippen LogP contribution in [0.1, 0.15) is 55.4 Å². The van der Waals surface area contributed by atoms with Crippen molar-refractivity contribution in [1.29, 1.82) is 0 Å². The highest BCUT2D eigenvalue weighted by Crippen LogP contribution is 2.02. The summed E-state index contributed by atoms with van der Waals surface area (Å²) in [4.78, 5) is 2.46. The fraction of sp³-hybridized carbons (Fsp3) is 1.00. The highest BCUT2D eigenvalue weighted by atomic mass is 15.5. The standard InChI is InChI=1S/C8H19N3.C8H19N/c1-8(2,3)10-11-6-4-9-5-7-11;1-6-9(7(2)3)8(4)5/h9-10H,4-7H2,1-3H3;7-8H,6H2,1-5H3. The largest absolute Gasteiger partial charge is 0.314 e. The van der Waals surface area contributed by atoms with Gasteiger partial charge in [0, 0.05) is 43.8 Å². The quantitative estimate of drug-likeness (QED) is 0.830. The first-order chi connectivity index (χ1) is 9.17. The summed E-state index contributed by atoms with van der Waals surface area (Å²) in [6.45, 7) is 23.3. The Morgan fingerprint density at radius 1 is 1.05 bits per heavy atom. The maximum atomic E-state index is 3.45. The van der Waals surface area contributed by atoms with Gasteiger partial charge in [-0.05, 0) is 55.0 Å². The topological polar surface area (TPSA) is 30.5 Å². The molecule has 1 fully saturated rings. The first-order valence-corrected chi connectivity index (χ1v) is 8.16. The van der Waals surface area contributed by atoms with Crippen LogP contribution < -0.4 is 10.7 Å². The highest BCUT2D eigenvalue weighted by Gasteiger charge is 2.16. The Kier molecular flexibility index (Phi) is 9.64. The minimum absolute atomic E-state index is 0.206. The SMILES string of the molecule is CC(C)(C)NN1CCNCC1.CCN(C(C)C)C(C)C. The molecule has 2 N–H and O–H groups in total. The molecule has 0 amide bonds. The van der Waals surface area contributed by atoms with Crippen LogP contribution in [0.3, 0.4) is 0 Å². The summed E-state index contributed by atoms with van der Waals surface area (Å²) in [5.41, 5.74) is 3.66. The summed E-state index contributed by atoms with van der Waals surface area (Å²) in [6.07, 6.45) is 0. The van der Waals surface area contributed by atoms with Crippen molar-refractivity contribution in [3.63, 3.8) is 0 Å². The summed E-state index contributed by atoms with van der Waals surface area (Å²) in [5.74, 6) is 0. The lowest BCUT2D eigenvalue weighted by Gasteiger charge is -2.34. The van der Waals surface area contributed by atoms with Crippen molar-refractivity contribution >= 4 is 0 Å². The van der Waals surface area contributed by atoms with Crippen LogP contribution in [0.25, 0.3) is 0 Å². The maximum absolute atomic E-state index is 3.45. The average molecular weight is 287 g/mol. The molecular formula is C16H38N4. The van der Waals surface area contributed by atoms with E-state index in [1.165, 1.54) is 0 Å². The molecule has 4 nitrogen and oxygen atoms in total. The van der Waals surface area contributed by atoms with E-state index in [1.807, 2.05) is 0 Å². The van der Waals surface area contributed by atoms with Gasteiger partial charge < -0.3 is 5.32 Å². The number of piperazine rings is 1. The fourth-order valence-corrected chi connectivity index (χ4v) is 2.58. The Morgan fingerprint density at radius 2 is 1.50 bits per heavy atom. The van der Waals surface area contributed by atoms with Crippen molar-refractivity contribution in [1.82, 2.24) is 20.7 Å². The van der Waals surface area contributed by atoms with Gasteiger partial charge in [0.25, 0.3) is 0 Å². The summed E-state index contributed by atoms with van der Waals surface area (Å²) < 4.78 is 0. The molecule has 1 heterocycles. The van der Waals surface area contributed by atoms with Crippen molar-refractivity contribution < 1.29 is 0 Å². The number of nitrogens with zero attached hydrogens (tertiary/aromatic N) is 2. The number of hydrogen-bond donors (Lipinski definition) is 2.